The zero-order valence-electron chi connectivity index (χ0n) is 11.1. The van der Waals surface area contributed by atoms with Gasteiger partial charge in [0.25, 0.3) is 0 Å². The van der Waals surface area contributed by atoms with E-state index in [1.54, 1.807) is 0 Å². The standard InChI is InChI=1S/C12H10NS.3CH3.Ti/c13-14(11-7-3-1-4-8-11)12-9-5-2-6-10-12;;;;/h1-10H;3*1H3;/q4*-1;+4. The average Bonchev–Trinajstić information content (AvgIpc) is 2.30. The monoisotopic (exact) mass is 293 g/mol. The van der Waals surface area contributed by atoms with E-state index in [0.29, 0.717) is 0 Å². The second-order valence-corrected chi connectivity index (χ2v) is 4.42. The molecule has 0 saturated heterocycles. The predicted octanol–water partition coefficient (Wildman–Crippen LogP) is 4.82. The molecule has 0 aromatic heterocycles. The largest absolute Gasteiger partial charge is 4.00 e. The van der Waals surface area contributed by atoms with Crippen molar-refractivity contribution in [2.75, 3.05) is 0 Å². The molecule has 0 spiro atoms. The van der Waals surface area contributed by atoms with Gasteiger partial charge in [-0.1, -0.05) is 60.7 Å². The van der Waals surface area contributed by atoms with Crippen LogP contribution in [-0.2, 0) is 32.4 Å². The van der Waals surface area contributed by atoms with E-state index < -0.39 is 10.7 Å². The maximum Gasteiger partial charge on any atom is 4.00 e. The molecule has 0 atom stereocenters. The van der Waals surface area contributed by atoms with Crippen molar-refractivity contribution in [1.82, 2.24) is 0 Å². The van der Waals surface area contributed by atoms with Gasteiger partial charge in [-0.05, 0) is 9.79 Å². The Bertz CT molecular complexity index is 387. The Balaban J connectivity index is -0.000000562. The number of rotatable bonds is 2. The van der Waals surface area contributed by atoms with Crippen LogP contribution in [-0.4, -0.2) is 0 Å². The van der Waals surface area contributed by atoms with Crippen molar-refractivity contribution in [3.8, 4) is 0 Å². The Morgan fingerprint density at radius 2 is 0.889 bits per heavy atom. The van der Waals surface area contributed by atoms with Gasteiger partial charge >= 0.3 is 21.7 Å². The molecule has 0 fully saturated rings. The predicted molar refractivity (Wildman–Crippen MR) is 79.4 cm³/mol. The summed E-state index contributed by atoms with van der Waals surface area (Å²) < 4.78 is 10.0. The van der Waals surface area contributed by atoms with E-state index in [0.717, 1.165) is 9.79 Å². The fourth-order valence-electron chi connectivity index (χ4n) is 1.23. The van der Waals surface area contributed by atoms with E-state index in [9.17, 15) is 4.78 Å². The van der Waals surface area contributed by atoms with Crippen LogP contribution in [0.15, 0.2) is 70.5 Å². The van der Waals surface area contributed by atoms with E-state index >= 15 is 0 Å². The fourth-order valence-corrected chi connectivity index (χ4v) is 2.34. The first-order valence-electron chi connectivity index (χ1n) is 4.41. The summed E-state index contributed by atoms with van der Waals surface area (Å²) >= 11 is 0. The maximum atomic E-state index is 10.0. The summed E-state index contributed by atoms with van der Waals surface area (Å²) in [5, 5.41) is 0. The molecule has 0 amide bonds. The van der Waals surface area contributed by atoms with E-state index in [-0.39, 0.29) is 44.0 Å². The van der Waals surface area contributed by atoms with Crippen molar-refractivity contribution < 1.29 is 21.7 Å². The molecule has 2 rings (SSSR count). The summed E-state index contributed by atoms with van der Waals surface area (Å²) in [5.74, 6) is 0. The zero-order valence-corrected chi connectivity index (χ0v) is 13.5. The molecule has 0 aliphatic carbocycles. The van der Waals surface area contributed by atoms with Gasteiger partial charge in [0.15, 0.2) is 0 Å². The Kier molecular flexibility index (Phi) is 14.2. The van der Waals surface area contributed by atoms with Crippen LogP contribution in [0.5, 0.6) is 0 Å². The average molecular weight is 293 g/mol. The van der Waals surface area contributed by atoms with E-state index in [1.165, 1.54) is 0 Å². The zero-order chi connectivity index (χ0) is 9.80. The maximum absolute atomic E-state index is 10.0. The molecule has 0 heterocycles. The molecular weight excluding hydrogens is 274 g/mol. The van der Waals surface area contributed by atoms with Crippen LogP contribution in [0.1, 0.15) is 0 Å². The summed E-state index contributed by atoms with van der Waals surface area (Å²) in [5.41, 5.74) is 0. The van der Waals surface area contributed by atoms with Crippen molar-refractivity contribution in [1.29, 1.82) is 0 Å². The molecule has 3 heteroatoms. The molecular formula is C15H19NSTi. The quantitative estimate of drug-likeness (QED) is 0.559. The van der Waals surface area contributed by atoms with Crippen molar-refractivity contribution >= 4 is 10.7 Å². The third-order valence-electron chi connectivity index (χ3n) is 1.93. The first kappa shape index (κ1) is 22.5. The summed E-state index contributed by atoms with van der Waals surface area (Å²) in [6, 6.07) is 19.4. The second-order valence-electron chi connectivity index (χ2n) is 2.91. The molecule has 0 aliphatic heterocycles. The van der Waals surface area contributed by atoms with Crippen LogP contribution in [0.25, 0.3) is 4.78 Å². The number of hydrogen-bond acceptors (Lipinski definition) is 0. The molecule has 0 aliphatic rings. The minimum Gasteiger partial charge on any atom is -0.772 e. The van der Waals surface area contributed by atoms with Gasteiger partial charge in [-0.3, -0.25) is 10.7 Å². The van der Waals surface area contributed by atoms with Crippen LogP contribution >= 0.6 is 0 Å². The minimum atomic E-state index is -0.797. The van der Waals surface area contributed by atoms with Crippen LogP contribution in [0.4, 0.5) is 0 Å². The van der Waals surface area contributed by atoms with Gasteiger partial charge in [-0.15, -0.1) is 0 Å². The molecule has 0 unspecified atom stereocenters. The van der Waals surface area contributed by atoms with Gasteiger partial charge in [-0.2, -0.15) is 0 Å². The molecule has 2 aromatic carbocycles. The van der Waals surface area contributed by atoms with Crippen molar-refractivity contribution in [2.45, 2.75) is 9.79 Å². The van der Waals surface area contributed by atoms with E-state index in [2.05, 4.69) is 0 Å². The molecule has 0 saturated carbocycles. The summed E-state index contributed by atoms with van der Waals surface area (Å²) in [7, 11) is -0.797. The SMILES string of the molecule is [CH3-].[CH3-].[CH3-].[N-]=S(c1ccccc1)c1ccccc1.[Ti+4]. The van der Waals surface area contributed by atoms with Crippen LogP contribution in [0.3, 0.4) is 0 Å². The van der Waals surface area contributed by atoms with Crippen LogP contribution in [0.2, 0.25) is 0 Å². The Morgan fingerprint density at radius 1 is 0.611 bits per heavy atom. The normalized spacial score (nSPS) is 8.06. The molecule has 2 aromatic rings. The van der Waals surface area contributed by atoms with E-state index in [4.69, 9.17) is 0 Å². The van der Waals surface area contributed by atoms with Gasteiger partial charge < -0.3 is 27.1 Å². The molecule has 0 bridgehead atoms. The van der Waals surface area contributed by atoms with Crippen molar-refractivity contribution in [3.05, 3.63) is 87.7 Å². The number of nitrogens with zero attached hydrogens (tertiary/aromatic N) is 1. The Labute approximate surface area is 129 Å². The summed E-state index contributed by atoms with van der Waals surface area (Å²) in [6.07, 6.45) is 0. The van der Waals surface area contributed by atoms with E-state index in [1.807, 2.05) is 60.7 Å². The van der Waals surface area contributed by atoms with Gasteiger partial charge in [0.2, 0.25) is 0 Å². The third kappa shape index (κ3) is 5.77. The summed E-state index contributed by atoms with van der Waals surface area (Å²) in [4.78, 5) is 1.91. The Morgan fingerprint density at radius 3 is 1.17 bits per heavy atom. The first-order valence-corrected chi connectivity index (χ1v) is 5.59. The van der Waals surface area contributed by atoms with Crippen molar-refractivity contribution in [2.24, 2.45) is 0 Å². The molecule has 0 radical (unpaired) electrons. The number of benzene rings is 2. The topological polar surface area (TPSA) is 22.3 Å². The molecule has 0 N–H and O–H groups in total. The van der Waals surface area contributed by atoms with Crippen LogP contribution in [0, 0.1) is 22.3 Å². The smallest absolute Gasteiger partial charge is 0.772 e. The number of hydrogen-bond donors (Lipinski definition) is 0. The first-order chi connectivity index (χ1) is 6.88. The van der Waals surface area contributed by atoms with Gasteiger partial charge in [0.1, 0.15) is 0 Å². The van der Waals surface area contributed by atoms with Gasteiger partial charge in [0.05, 0.1) is 0 Å². The Hall–Kier alpha value is -0.696. The second kappa shape index (κ2) is 11.4. The third-order valence-corrected chi connectivity index (χ3v) is 3.37. The van der Waals surface area contributed by atoms with Crippen molar-refractivity contribution in [3.63, 3.8) is 0 Å². The fraction of sp³-hybridized carbons (Fsp3) is 0. The van der Waals surface area contributed by atoms with Gasteiger partial charge in [0, 0.05) is 0 Å². The van der Waals surface area contributed by atoms with Crippen LogP contribution < -0.4 is 0 Å². The minimum absolute atomic E-state index is 0. The molecule has 94 valence electrons. The molecule has 18 heavy (non-hydrogen) atoms. The van der Waals surface area contributed by atoms with Gasteiger partial charge in [-0.25, -0.2) is 0 Å². The molecule has 1 nitrogen and oxygen atoms in total. The summed E-state index contributed by atoms with van der Waals surface area (Å²) in [6.45, 7) is 0.